The number of halogens is 1. The average Bonchev–Trinajstić information content (AvgIpc) is 2.35. The Hall–Kier alpha value is -0.813. The van der Waals surface area contributed by atoms with Gasteiger partial charge in [-0.15, -0.1) is 0 Å². The van der Waals surface area contributed by atoms with Crippen molar-refractivity contribution >= 4 is 30.2 Å². The van der Waals surface area contributed by atoms with Gasteiger partial charge in [0.15, 0.2) is 0 Å². The van der Waals surface area contributed by atoms with Crippen LogP contribution in [0.4, 0.5) is 0 Å². The number of hydrogen-bond acceptors (Lipinski definition) is 2. The van der Waals surface area contributed by atoms with Crippen molar-refractivity contribution in [2.75, 3.05) is 0 Å². The average molecular weight is 387 g/mol. The second-order valence-electron chi connectivity index (χ2n) is 6.76. The molecule has 22 heavy (non-hydrogen) atoms. The number of hydrogen-bond donors (Lipinski definition) is 1. The lowest BCUT2D eigenvalue weighted by Gasteiger charge is -2.42. The largest absolute Gasteiger partial charge is 0.542 e. The van der Waals surface area contributed by atoms with Crippen molar-refractivity contribution in [2.45, 2.75) is 64.6 Å². The van der Waals surface area contributed by atoms with Crippen LogP contribution >= 0.6 is 15.9 Å². The molecule has 5 heteroatoms. The molecule has 0 atom stereocenters. The summed E-state index contributed by atoms with van der Waals surface area (Å²) < 4.78 is 7.46. The smallest absolute Gasteiger partial charge is 0.307 e. The van der Waals surface area contributed by atoms with Crippen LogP contribution in [0.15, 0.2) is 22.7 Å². The predicted molar refractivity (Wildman–Crippen MR) is 97.2 cm³/mol. The number of carbonyl (C=O) groups is 1. The molecule has 3 nitrogen and oxygen atoms in total. The molecule has 0 aliphatic rings. The zero-order valence-corrected chi connectivity index (χ0v) is 16.9. The summed E-state index contributed by atoms with van der Waals surface area (Å²) in [5.74, 6) is 0.00716. The van der Waals surface area contributed by atoms with E-state index in [-0.39, 0.29) is 6.42 Å². The van der Waals surface area contributed by atoms with Crippen molar-refractivity contribution in [3.05, 3.63) is 28.2 Å². The zero-order chi connectivity index (χ0) is 17.1. The highest BCUT2D eigenvalue weighted by molar-refractivity contribution is 9.10. The van der Waals surface area contributed by atoms with E-state index in [1.54, 1.807) is 0 Å². The molecular weight excluding hydrogens is 360 g/mol. The summed E-state index contributed by atoms with van der Waals surface area (Å²) in [7, 11) is -2.00. The fourth-order valence-corrected chi connectivity index (χ4v) is 9.38. The molecule has 0 bridgehead atoms. The van der Waals surface area contributed by atoms with Crippen LogP contribution < -0.4 is 4.43 Å². The molecule has 0 saturated carbocycles. The second-order valence-corrected chi connectivity index (χ2v) is 13.0. The quantitative estimate of drug-likeness (QED) is 0.617. The van der Waals surface area contributed by atoms with Crippen LogP contribution in [0.25, 0.3) is 0 Å². The topological polar surface area (TPSA) is 46.5 Å². The monoisotopic (exact) mass is 386 g/mol. The summed E-state index contributed by atoms with van der Waals surface area (Å²) in [5, 5.41) is 8.89. The highest BCUT2D eigenvalue weighted by Crippen LogP contribution is 2.44. The minimum atomic E-state index is -2.00. The van der Waals surface area contributed by atoms with E-state index in [0.29, 0.717) is 16.6 Å². The third-order valence-corrected chi connectivity index (χ3v) is 11.0. The summed E-state index contributed by atoms with van der Waals surface area (Å²) in [6, 6.07) is 5.59. The second kappa shape index (κ2) is 7.64. The van der Waals surface area contributed by atoms with E-state index in [0.717, 1.165) is 15.8 Å². The number of benzene rings is 1. The minimum Gasteiger partial charge on any atom is -0.542 e. The maximum absolute atomic E-state index is 10.8. The van der Waals surface area contributed by atoms with E-state index >= 15 is 0 Å². The summed E-state index contributed by atoms with van der Waals surface area (Å²) >= 11 is 3.54. The predicted octanol–water partition coefficient (Wildman–Crippen LogP) is 5.63. The van der Waals surface area contributed by atoms with Crippen LogP contribution in [-0.4, -0.2) is 19.4 Å². The van der Waals surface area contributed by atoms with Gasteiger partial charge < -0.3 is 9.53 Å². The summed E-state index contributed by atoms with van der Waals surface area (Å²) in [5.41, 5.74) is 2.27. The first-order valence-corrected chi connectivity index (χ1v) is 10.7. The van der Waals surface area contributed by atoms with Crippen LogP contribution in [0.5, 0.6) is 5.75 Å². The van der Waals surface area contributed by atoms with E-state index in [1.165, 1.54) is 0 Å². The van der Waals surface area contributed by atoms with Gasteiger partial charge in [-0.3, -0.25) is 4.79 Å². The number of rotatable bonds is 7. The van der Waals surface area contributed by atoms with Gasteiger partial charge in [-0.1, -0.05) is 47.6 Å². The molecule has 0 amide bonds. The zero-order valence-electron chi connectivity index (χ0n) is 14.3. The van der Waals surface area contributed by atoms with Gasteiger partial charge in [-0.25, -0.2) is 0 Å². The maximum atomic E-state index is 10.8. The van der Waals surface area contributed by atoms with Gasteiger partial charge in [0.1, 0.15) is 5.75 Å². The molecule has 0 saturated heterocycles. The van der Waals surface area contributed by atoms with Crippen molar-refractivity contribution in [2.24, 2.45) is 0 Å². The molecule has 0 aliphatic heterocycles. The van der Waals surface area contributed by atoms with Gasteiger partial charge in [0.2, 0.25) is 0 Å². The van der Waals surface area contributed by atoms with Crippen molar-refractivity contribution in [3.63, 3.8) is 0 Å². The fraction of sp³-hybridized carbons (Fsp3) is 0.588. The molecular formula is C17H27BrO3Si. The number of aliphatic carboxylic acids is 1. The fourth-order valence-electron chi connectivity index (χ4n) is 3.46. The summed E-state index contributed by atoms with van der Waals surface area (Å²) in [6.07, 6.45) is 0.0278. The highest BCUT2D eigenvalue weighted by Gasteiger charge is 2.47. The van der Waals surface area contributed by atoms with Gasteiger partial charge >= 0.3 is 5.97 Å². The molecule has 0 heterocycles. The SMILES string of the molecule is CC(C)[Si](Oc1ccc(CC(=O)O)cc1Br)(C(C)C)C(C)C. The molecule has 0 spiro atoms. The molecule has 0 unspecified atom stereocenters. The Labute approximate surface area is 143 Å². The molecule has 0 fully saturated rings. The lowest BCUT2D eigenvalue weighted by atomic mass is 10.1. The standard InChI is InChI=1S/C17H27BrO3Si/c1-11(2)22(12(3)4,13(5)6)21-16-8-7-14(9-15(16)18)10-17(19)20/h7-9,11-13H,10H2,1-6H3,(H,19,20). The van der Waals surface area contributed by atoms with Crippen molar-refractivity contribution in [1.29, 1.82) is 0 Å². The van der Waals surface area contributed by atoms with Crippen molar-refractivity contribution in [1.82, 2.24) is 0 Å². The third kappa shape index (κ3) is 4.13. The van der Waals surface area contributed by atoms with Gasteiger partial charge in [0.05, 0.1) is 10.9 Å². The van der Waals surface area contributed by atoms with Crippen LogP contribution in [0.2, 0.25) is 16.6 Å². The molecule has 0 aliphatic carbocycles. The van der Waals surface area contributed by atoms with Gasteiger partial charge in [0, 0.05) is 0 Å². The molecule has 1 aromatic rings. The first kappa shape index (κ1) is 19.2. The Kier molecular flexibility index (Phi) is 6.68. The van der Waals surface area contributed by atoms with E-state index < -0.39 is 14.3 Å². The van der Waals surface area contributed by atoms with Crippen molar-refractivity contribution < 1.29 is 14.3 Å². The summed E-state index contributed by atoms with van der Waals surface area (Å²) in [6.45, 7) is 13.5. The minimum absolute atomic E-state index is 0.0278. The number of carboxylic acid groups (broad SMARTS) is 1. The van der Waals surface area contributed by atoms with E-state index in [9.17, 15) is 4.79 Å². The van der Waals surface area contributed by atoms with Crippen LogP contribution in [0.1, 0.15) is 47.1 Å². The maximum Gasteiger partial charge on any atom is 0.307 e. The summed E-state index contributed by atoms with van der Waals surface area (Å²) in [4.78, 5) is 10.8. The van der Waals surface area contributed by atoms with Crippen LogP contribution in [-0.2, 0) is 11.2 Å². The van der Waals surface area contributed by atoms with E-state index in [4.69, 9.17) is 9.53 Å². The lowest BCUT2D eigenvalue weighted by molar-refractivity contribution is -0.136. The van der Waals surface area contributed by atoms with Gasteiger partial charge in [-0.05, 0) is 50.2 Å². The Morgan fingerprint density at radius 2 is 1.64 bits per heavy atom. The Morgan fingerprint density at radius 3 is 2.00 bits per heavy atom. The van der Waals surface area contributed by atoms with E-state index in [2.05, 4.69) is 57.5 Å². The van der Waals surface area contributed by atoms with E-state index in [1.807, 2.05) is 18.2 Å². The highest BCUT2D eigenvalue weighted by atomic mass is 79.9. The Morgan fingerprint density at radius 1 is 1.14 bits per heavy atom. The normalized spacial score (nSPS) is 12.3. The van der Waals surface area contributed by atoms with Gasteiger partial charge in [0.25, 0.3) is 8.32 Å². The first-order valence-electron chi connectivity index (χ1n) is 7.80. The lowest BCUT2D eigenvalue weighted by Crippen LogP contribution is -2.50. The third-order valence-electron chi connectivity index (χ3n) is 4.35. The molecule has 0 radical (unpaired) electrons. The first-order chi connectivity index (χ1) is 10.1. The molecule has 1 aromatic carbocycles. The Bertz CT molecular complexity index is 505. The molecule has 124 valence electrons. The van der Waals surface area contributed by atoms with Crippen molar-refractivity contribution in [3.8, 4) is 5.75 Å². The van der Waals surface area contributed by atoms with Crippen LogP contribution in [0, 0.1) is 0 Å². The molecule has 1 N–H and O–H groups in total. The molecule has 1 rings (SSSR count). The Balaban J connectivity index is 3.17. The molecule has 0 aromatic heterocycles. The van der Waals surface area contributed by atoms with Crippen LogP contribution in [0.3, 0.4) is 0 Å². The number of carboxylic acids is 1. The van der Waals surface area contributed by atoms with Gasteiger partial charge in [-0.2, -0.15) is 0 Å².